The van der Waals surface area contributed by atoms with Crippen LogP contribution in [-0.2, 0) is 19.8 Å². The van der Waals surface area contributed by atoms with Gasteiger partial charge in [-0.05, 0) is 107 Å². The number of fused-ring (bicyclic) bond motifs is 1. The molecule has 4 atom stereocenters. The number of hydrogen-bond donors (Lipinski definition) is 5. The Morgan fingerprint density at radius 1 is 1.06 bits per heavy atom. The van der Waals surface area contributed by atoms with Crippen LogP contribution in [0, 0.1) is 17.8 Å². The first-order valence-electron chi connectivity index (χ1n) is 16.7. The van der Waals surface area contributed by atoms with E-state index in [1.54, 1.807) is 24.3 Å². The van der Waals surface area contributed by atoms with Crippen molar-refractivity contribution in [2.45, 2.75) is 58.0 Å². The molecule has 1 unspecified atom stereocenters. The fourth-order valence-corrected chi connectivity index (χ4v) is 10.5. The lowest BCUT2D eigenvalue weighted by atomic mass is 9.89. The summed E-state index contributed by atoms with van der Waals surface area (Å²) in [6.45, 7) is 7.03. The Balaban J connectivity index is 1.09. The van der Waals surface area contributed by atoms with Crippen molar-refractivity contribution in [3.05, 3.63) is 58.4 Å². The Hall–Kier alpha value is -3.69. The highest BCUT2D eigenvalue weighted by Crippen LogP contribution is 2.46. The molecule has 3 heterocycles. The van der Waals surface area contributed by atoms with E-state index >= 15 is 0 Å². The van der Waals surface area contributed by atoms with Gasteiger partial charge in [0.1, 0.15) is 11.6 Å². The van der Waals surface area contributed by atoms with Crippen molar-refractivity contribution >= 4 is 67.9 Å². The molecule has 15 heteroatoms. The van der Waals surface area contributed by atoms with Gasteiger partial charge in [0.05, 0.1) is 10.6 Å². The molecule has 2 saturated heterocycles. The summed E-state index contributed by atoms with van der Waals surface area (Å²) in [4.78, 5) is 36.8. The summed E-state index contributed by atoms with van der Waals surface area (Å²) in [7, 11) is -3.94. The monoisotopic (exact) mass is 743 g/mol. The molecule has 3 aliphatic rings. The van der Waals surface area contributed by atoms with Crippen LogP contribution in [0.3, 0.4) is 0 Å². The minimum Gasteiger partial charge on any atom is -0.482 e. The van der Waals surface area contributed by atoms with Gasteiger partial charge >= 0.3 is 16.2 Å². The van der Waals surface area contributed by atoms with Gasteiger partial charge in [-0.25, -0.2) is 4.79 Å². The molecule has 0 spiro atoms. The van der Waals surface area contributed by atoms with Gasteiger partial charge in [-0.3, -0.25) is 14.3 Å². The third-order valence-electron chi connectivity index (χ3n) is 9.71. The van der Waals surface area contributed by atoms with Crippen molar-refractivity contribution in [3.8, 4) is 16.2 Å². The Morgan fingerprint density at radius 3 is 2.42 bits per heavy atom. The maximum atomic E-state index is 13.7. The number of hydrogen-bond acceptors (Lipinski definition) is 9. The lowest BCUT2D eigenvalue weighted by Crippen LogP contribution is -2.56. The Kier molecular flexibility index (Phi) is 10.5. The number of nitrogens with zero attached hydrogens (tertiary/aromatic N) is 1. The number of piperidine rings is 1. The van der Waals surface area contributed by atoms with Crippen molar-refractivity contribution in [2.75, 3.05) is 41.6 Å². The van der Waals surface area contributed by atoms with Crippen molar-refractivity contribution in [3.63, 3.8) is 0 Å². The van der Waals surface area contributed by atoms with Crippen LogP contribution in [0.2, 0.25) is 5.02 Å². The first kappa shape index (κ1) is 36.1. The Morgan fingerprint density at radius 2 is 1.74 bits per heavy atom. The number of nitrogens with one attached hydrogen (secondary N) is 4. The van der Waals surface area contributed by atoms with Crippen LogP contribution in [0.1, 0.15) is 56.1 Å². The van der Waals surface area contributed by atoms with E-state index in [-0.39, 0.29) is 52.5 Å². The molecule has 1 amide bonds. The number of aromatic carboxylic acids is 1. The van der Waals surface area contributed by atoms with Crippen molar-refractivity contribution in [1.82, 2.24) is 9.62 Å². The molecule has 0 bridgehead atoms. The molecule has 3 aromatic rings. The molecule has 0 radical (unpaired) electrons. The van der Waals surface area contributed by atoms with E-state index in [0.717, 1.165) is 43.0 Å². The number of carbonyl (C=O) groups is 3. The molecule has 5 N–H and O–H groups in total. The molecule has 1 aromatic heterocycles. The van der Waals surface area contributed by atoms with Gasteiger partial charge in [0.25, 0.3) is 0 Å². The largest absolute Gasteiger partial charge is 0.482 e. The summed E-state index contributed by atoms with van der Waals surface area (Å²) in [5, 5.41) is 19.7. The number of carboxylic acids is 1. The molecule has 1 aliphatic carbocycles. The summed E-state index contributed by atoms with van der Waals surface area (Å²) < 4.78 is 37.1. The molecule has 2 aromatic carbocycles. The van der Waals surface area contributed by atoms with Gasteiger partial charge in [-0.2, -0.15) is 12.7 Å². The number of rotatable bonds is 12. The second-order valence-electron chi connectivity index (χ2n) is 14.0. The number of thiophene rings is 1. The predicted octanol–water partition coefficient (Wildman–Crippen LogP) is 5.93. The van der Waals surface area contributed by atoms with Crippen LogP contribution in [-0.4, -0.2) is 73.3 Å². The van der Waals surface area contributed by atoms with Gasteiger partial charge in [0.2, 0.25) is 5.91 Å². The predicted molar refractivity (Wildman–Crippen MR) is 196 cm³/mol. The van der Waals surface area contributed by atoms with E-state index in [4.69, 9.17) is 16.3 Å². The molecule has 268 valence electrons. The van der Waals surface area contributed by atoms with Crippen LogP contribution in [0.5, 0.6) is 5.75 Å². The normalized spacial score (nSPS) is 23.2. The Labute approximate surface area is 301 Å². The van der Waals surface area contributed by atoms with E-state index in [0.29, 0.717) is 46.5 Å². The summed E-state index contributed by atoms with van der Waals surface area (Å²) in [6.07, 6.45) is 2.79. The average molecular weight is 744 g/mol. The van der Waals surface area contributed by atoms with Gasteiger partial charge in [-0.1, -0.05) is 29.8 Å². The highest BCUT2D eigenvalue weighted by atomic mass is 35.5. The number of halogens is 1. The van der Waals surface area contributed by atoms with Gasteiger partial charge < -0.3 is 25.8 Å². The highest BCUT2D eigenvalue weighted by Gasteiger charge is 2.42. The lowest BCUT2D eigenvalue weighted by molar-refractivity contribution is -0.120. The molecular weight excluding hydrogens is 702 g/mol. The summed E-state index contributed by atoms with van der Waals surface area (Å²) in [6, 6.07) is 14.1. The molecule has 3 fully saturated rings. The second-order valence-corrected chi connectivity index (χ2v) is 17.0. The van der Waals surface area contributed by atoms with E-state index < -0.39 is 21.7 Å². The van der Waals surface area contributed by atoms with E-state index in [2.05, 4.69) is 20.7 Å². The maximum absolute atomic E-state index is 13.7. The van der Waals surface area contributed by atoms with E-state index in [1.165, 1.54) is 11.2 Å². The zero-order valence-electron chi connectivity index (χ0n) is 28.1. The maximum Gasteiger partial charge on any atom is 0.349 e. The summed E-state index contributed by atoms with van der Waals surface area (Å²) in [5.74, 6) is -0.453. The number of amides is 1. The van der Waals surface area contributed by atoms with Crippen molar-refractivity contribution < 1.29 is 32.6 Å². The quantitative estimate of drug-likeness (QED) is 0.151. The highest BCUT2D eigenvalue weighted by molar-refractivity contribution is 7.90. The molecule has 2 aliphatic heterocycles. The standard InChI is InChI=1S/C35H42ClN5O7S2/c1-20(42)19-48-30-29(36)31(49-32(30)34(44)45)21-6-4-7-25(14-21)38-28-10-11-41(35(2,3)16-28)50(46,47)40-27-9-5-8-26(15-27)39-33(43)22-12-23-17-37-18-24(23)13-22/h4-9,14-15,22-24,28,37-38,40H,10-13,16-19H2,1-3H3,(H,39,43)(H,44,45)/t22?,23-,24+,28-/m0/s1. The van der Waals surface area contributed by atoms with Gasteiger partial charge in [0, 0.05) is 35.4 Å². The third kappa shape index (κ3) is 7.94. The first-order valence-corrected chi connectivity index (χ1v) is 19.3. The van der Waals surface area contributed by atoms with Crippen LogP contribution < -0.4 is 25.4 Å². The molecule has 6 rings (SSSR count). The molecular formula is C35H42ClN5O7S2. The number of benzene rings is 2. The number of ether oxygens (including phenoxy) is 1. The number of carbonyl (C=O) groups excluding carboxylic acids is 2. The van der Waals surface area contributed by atoms with Crippen molar-refractivity contribution in [1.29, 1.82) is 0 Å². The molecule has 12 nitrogen and oxygen atoms in total. The smallest absolute Gasteiger partial charge is 0.349 e. The zero-order chi connectivity index (χ0) is 35.8. The number of Topliss-reactive ketones (excluding diaryl/α,β-unsaturated/α-hetero) is 1. The van der Waals surface area contributed by atoms with E-state index in [1.807, 2.05) is 38.1 Å². The minimum absolute atomic E-state index is 0.0208. The Bertz CT molecular complexity index is 1890. The van der Waals surface area contributed by atoms with Crippen molar-refractivity contribution in [2.24, 2.45) is 17.8 Å². The van der Waals surface area contributed by atoms with Gasteiger partial charge in [-0.15, -0.1) is 11.3 Å². The van der Waals surface area contributed by atoms with Crippen LogP contribution >= 0.6 is 22.9 Å². The minimum atomic E-state index is -3.94. The van der Waals surface area contributed by atoms with E-state index in [9.17, 15) is 27.9 Å². The summed E-state index contributed by atoms with van der Waals surface area (Å²) >= 11 is 7.54. The number of ketones is 1. The third-order valence-corrected chi connectivity index (χ3v) is 13.1. The van der Waals surface area contributed by atoms with Crippen LogP contribution in [0.25, 0.3) is 10.4 Å². The fraction of sp³-hybridized carbons (Fsp3) is 0.457. The number of anilines is 3. The van der Waals surface area contributed by atoms with Crippen LogP contribution in [0.15, 0.2) is 48.5 Å². The average Bonchev–Trinajstić information content (AvgIpc) is 3.73. The molecule has 1 saturated carbocycles. The number of carboxylic acid groups (broad SMARTS) is 1. The second kappa shape index (κ2) is 14.5. The fourth-order valence-electron chi connectivity index (χ4n) is 7.45. The zero-order valence-corrected chi connectivity index (χ0v) is 30.5. The SMILES string of the molecule is CC(=O)COc1c(C(=O)O)sc(-c2cccc(N[C@H]3CCN(S(=O)(=O)Nc4cccc(NC(=O)C5C[C@H]6CNC[C@H]6C5)c4)C(C)(C)C3)c2)c1Cl. The lowest BCUT2D eigenvalue weighted by Gasteiger charge is -2.44. The van der Waals surface area contributed by atoms with Gasteiger partial charge in [0.15, 0.2) is 16.4 Å². The van der Waals surface area contributed by atoms with Crippen LogP contribution in [0.4, 0.5) is 17.1 Å². The summed E-state index contributed by atoms with van der Waals surface area (Å²) in [5.41, 5.74) is 1.63. The molecule has 50 heavy (non-hydrogen) atoms. The first-order chi connectivity index (χ1) is 23.7. The topological polar surface area (TPSA) is 166 Å².